The smallest absolute Gasteiger partial charge is 0.380 e. The highest BCUT2D eigenvalue weighted by Gasteiger charge is 2.42. The van der Waals surface area contributed by atoms with E-state index in [0.717, 1.165) is 24.0 Å². The van der Waals surface area contributed by atoms with Crippen molar-refractivity contribution in [3.8, 4) is 11.5 Å². The highest BCUT2D eigenvalue weighted by atomic mass is 35.5. The Morgan fingerprint density at radius 2 is 1.65 bits per heavy atom. The van der Waals surface area contributed by atoms with Gasteiger partial charge in [0.15, 0.2) is 17.3 Å². The van der Waals surface area contributed by atoms with E-state index >= 15 is 0 Å². The molecule has 0 saturated carbocycles. The number of halogens is 4. The quantitative estimate of drug-likeness (QED) is 0.360. The number of carbonyl (C=O) groups is 1. The summed E-state index contributed by atoms with van der Waals surface area (Å²) in [4.78, 5) is 13.2. The third-order valence-electron chi connectivity index (χ3n) is 5.92. The van der Waals surface area contributed by atoms with E-state index in [2.05, 4.69) is 22.8 Å². The summed E-state index contributed by atoms with van der Waals surface area (Å²) in [5, 5.41) is 0.687. The fourth-order valence-corrected chi connectivity index (χ4v) is 4.39. The number of alkyl halides is 2. The number of benzene rings is 2. The molecule has 0 spiro atoms. The van der Waals surface area contributed by atoms with Gasteiger partial charge in [-0.1, -0.05) is 43.1 Å². The van der Waals surface area contributed by atoms with Crippen molar-refractivity contribution >= 4 is 40.1 Å². The van der Waals surface area contributed by atoms with Gasteiger partial charge < -0.3 is 24.5 Å². The second-order valence-electron chi connectivity index (χ2n) is 8.48. The molecule has 0 aliphatic carbocycles. The number of amides is 1. The van der Waals surface area contributed by atoms with Crippen LogP contribution in [0, 0.1) is 0 Å². The second-order valence-corrected chi connectivity index (χ2v) is 9.30. The molecular formula is C27H32Cl2F2N2O4. The summed E-state index contributed by atoms with van der Waals surface area (Å²) in [7, 11) is 0. The van der Waals surface area contributed by atoms with Crippen LogP contribution in [0.3, 0.4) is 0 Å². The number of rotatable bonds is 6. The summed E-state index contributed by atoms with van der Waals surface area (Å²) in [5.41, 5.74) is 6.05. The van der Waals surface area contributed by atoms with E-state index in [-0.39, 0.29) is 15.6 Å². The van der Waals surface area contributed by atoms with Crippen molar-refractivity contribution in [3.63, 3.8) is 0 Å². The minimum absolute atomic E-state index is 0.107. The topological polar surface area (TPSA) is 77.9 Å². The Morgan fingerprint density at radius 3 is 2.32 bits per heavy atom. The molecule has 2 aliphatic rings. The number of ether oxygens (including phenoxy) is 2. The van der Waals surface area contributed by atoms with Crippen molar-refractivity contribution < 1.29 is 27.5 Å². The zero-order valence-electron chi connectivity index (χ0n) is 21.0. The van der Waals surface area contributed by atoms with Crippen LogP contribution in [-0.4, -0.2) is 43.7 Å². The molecule has 202 valence electrons. The molecule has 2 aromatic carbocycles. The van der Waals surface area contributed by atoms with E-state index < -0.39 is 17.6 Å². The predicted octanol–water partition coefficient (Wildman–Crippen LogP) is 6.83. The van der Waals surface area contributed by atoms with Crippen LogP contribution in [-0.2, 0) is 17.1 Å². The molecule has 6 nitrogen and oxygen atoms in total. The number of aryl methyl sites for hydroxylation is 1. The van der Waals surface area contributed by atoms with E-state index in [1.54, 1.807) is 0 Å². The van der Waals surface area contributed by atoms with Crippen molar-refractivity contribution in [2.75, 3.05) is 32.8 Å². The average molecular weight is 557 g/mol. The number of hydrogen-bond donors (Lipinski definition) is 1. The Balaban J connectivity index is 0.000000193. The van der Waals surface area contributed by atoms with Gasteiger partial charge in [-0.2, -0.15) is 8.78 Å². The minimum Gasteiger partial charge on any atom is -0.486 e. The molecule has 5 rings (SSSR count). The van der Waals surface area contributed by atoms with Crippen LogP contribution in [0.25, 0.3) is 11.0 Å². The summed E-state index contributed by atoms with van der Waals surface area (Å²) >= 11 is 11.4. The first kappa shape index (κ1) is 29.0. The SMILES string of the molecule is CC.NC(=O)C(F)(F)c1cc2cc(Cl)c(Cl)cc2o1.c1cc2c(cc1CCCN1CCCC1)OCCO2. The minimum atomic E-state index is -3.86. The van der Waals surface area contributed by atoms with E-state index in [1.807, 2.05) is 19.9 Å². The van der Waals surface area contributed by atoms with Crippen LogP contribution in [0.2, 0.25) is 10.0 Å². The van der Waals surface area contributed by atoms with Gasteiger partial charge in [-0.3, -0.25) is 4.79 Å². The third-order valence-corrected chi connectivity index (χ3v) is 6.65. The molecule has 2 aliphatic heterocycles. The fourth-order valence-electron chi connectivity index (χ4n) is 4.07. The Morgan fingerprint density at radius 1 is 1.00 bits per heavy atom. The lowest BCUT2D eigenvalue weighted by Gasteiger charge is -2.19. The Hall–Kier alpha value is -2.55. The number of carbonyl (C=O) groups excluding carboxylic acids is 1. The summed E-state index contributed by atoms with van der Waals surface area (Å²) in [6.07, 6.45) is 5.13. The third kappa shape index (κ3) is 7.49. The molecule has 0 unspecified atom stereocenters. The molecule has 1 amide bonds. The average Bonchev–Trinajstić information content (AvgIpc) is 3.56. The number of nitrogens with zero attached hydrogens (tertiary/aromatic N) is 1. The van der Waals surface area contributed by atoms with E-state index in [9.17, 15) is 13.6 Å². The van der Waals surface area contributed by atoms with Crippen LogP contribution < -0.4 is 15.2 Å². The maximum Gasteiger partial charge on any atom is 0.380 e. The van der Waals surface area contributed by atoms with Gasteiger partial charge in [0.2, 0.25) is 0 Å². The molecule has 0 radical (unpaired) electrons. The van der Waals surface area contributed by atoms with Crippen molar-refractivity contribution in [2.45, 2.75) is 45.5 Å². The van der Waals surface area contributed by atoms with Gasteiger partial charge in [-0.05, 0) is 75.1 Å². The van der Waals surface area contributed by atoms with Crippen molar-refractivity contribution in [3.05, 3.63) is 57.8 Å². The second kappa shape index (κ2) is 13.3. The first-order chi connectivity index (χ1) is 17.7. The van der Waals surface area contributed by atoms with E-state index in [4.69, 9.17) is 37.1 Å². The molecule has 2 N–H and O–H groups in total. The number of furan rings is 1. The molecule has 10 heteroatoms. The Kier molecular flexibility index (Phi) is 10.4. The standard InChI is InChI=1S/C15H21NO2.C10H5Cl2F2NO2.C2H6/c1-2-8-16(7-1)9-3-4-13-5-6-14-15(12-13)18-11-10-17-14;11-5-1-4-2-8(10(13,14)9(15)16)17-7(4)3-6(5)12;1-2/h5-6,12H,1-4,7-11H2;1-3H,(H2,15,16);1-2H3. The van der Waals surface area contributed by atoms with Crippen LogP contribution in [0.4, 0.5) is 8.78 Å². The van der Waals surface area contributed by atoms with Gasteiger partial charge in [-0.15, -0.1) is 0 Å². The molecule has 3 aromatic rings. The molecule has 1 aromatic heterocycles. The molecule has 37 heavy (non-hydrogen) atoms. The zero-order valence-corrected chi connectivity index (χ0v) is 22.5. The van der Waals surface area contributed by atoms with Gasteiger partial charge in [-0.25, -0.2) is 0 Å². The van der Waals surface area contributed by atoms with Crippen molar-refractivity contribution in [1.29, 1.82) is 0 Å². The monoisotopic (exact) mass is 556 g/mol. The predicted molar refractivity (Wildman–Crippen MR) is 142 cm³/mol. The lowest BCUT2D eigenvalue weighted by Crippen LogP contribution is -2.32. The van der Waals surface area contributed by atoms with Gasteiger partial charge in [0.05, 0.1) is 10.0 Å². The summed E-state index contributed by atoms with van der Waals surface area (Å²) < 4.78 is 42.5. The summed E-state index contributed by atoms with van der Waals surface area (Å²) in [5.74, 6) is -4.67. The van der Waals surface area contributed by atoms with Crippen LogP contribution >= 0.6 is 23.2 Å². The summed E-state index contributed by atoms with van der Waals surface area (Å²) in [6, 6.07) is 10.0. The molecule has 3 heterocycles. The van der Waals surface area contributed by atoms with Crippen molar-refractivity contribution in [2.24, 2.45) is 5.73 Å². The Bertz CT molecular complexity index is 1160. The van der Waals surface area contributed by atoms with Crippen LogP contribution in [0.5, 0.6) is 11.5 Å². The lowest BCUT2D eigenvalue weighted by molar-refractivity contribution is -0.145. The Labute approximate surface area is 225 Å². The highest BCUT2D eigenvalue weighted by molar-refractivity contribution is 6.42. The zero-order chi connectivity index (χ0) is 27.0. The van der Waals surface area contributed by atoms with Crippen molar-refractivity contribution in [1.82, 2.24) is 4.90 Å². The molecule has 1 saturated heterocycles. The van der Waals surface area contributed by atoms with Gasteiger partial charge >= 0.3 is 5.92 Å². The number of nitrogens with two attached hydrogens (primary N) is 1. The fraction of sp³-hybridized carbons (Fsp3) is 0.444. The normalized spacial score (nSPS) is 15.0. The highest BCUT2D eigenvalue weighted by Crippen LogP contribution is 2.36. The molecule has 0 atom stereocenters. The van der Waals surface area contributed by atoms with Crippen LogP contribution in [0.15, 0.2) is 40.8 Å². The lowest BCUT2D eigenvalue weighted by atomic mass is 10.1. The number of hydrogen-bond acceptors (Lipinski definition) is 5. The molecule has 0 bridgehead atoms. The van der Waals surface area contributed by atoms with E-state index in [1.165, 1.54) is 56.6 Å². The van der Waals surface area contributed by atoms with Gasteiger partial charge in [0.1, 0.15) is 18.8 Å². The number of primary amides is 1. The van der Waals surface area contributed by atoms with Gasteiger partial charge in [0.25, 0.3) is 5.91 Å². The first-order valence-corrected chi connectivity index (χ1v) is 13.2. The first-order valence-electron chi connectivity index (χ1n) is 12.4. The van der Waals surface area contributed by atoms with Gasteiger partial charge in [0, 0.05) is 11.5 Å². The number of fused-ring (bicyclic) bond motifs is 2. The maximum atomic E-state index is 13.3. The largest absolute Gasteiger partial charge is 0.486 e. The van der Waals surface area contributed by atoms with Crippen LogP contribution in [0.1, 0.15) is 44.4 Å². The maximum absolute atomic E-state index is 13.3. The van der Waals surface area contributed by atoms with E-state index in [0.29, 0.717) is 18.6 Å². The molecular weight excluding hydrogens is 525 g/mol. The number of likely N-dealkylation sites (tertiary alicyclic amines) is 1. The molecule has 1 fully saturated rings. The summed E-state index contributed by atoms with van der Waals surface area (Å²) in [6.45, 7) is 9.16.